The number of thiophene rings is 1. The highest BCUT2D eigenvalue weighted by Gasteiger charge is 2.31. The predicted molar refractivity (Wildman–Crippen MR) is 125 cm³/mol. The van der Waals surface area contributed by atoms with Crippen LogP contribution in [0.4, 0.5) is 16.4 Å². The van der Waals surface area contributed by atoms with Crippen LogP contribution in [0.3, 0.4) is 0 Å². The molecule has 7 heteroatoms. The number of para-hydroxylation sites is 1. The van der Waals surface area contributed by atoms with Gasteiger partial charge < -0.3 is 11.1 Å². The number of nitrogens with one attached hydrogen (secondary N) is 1. The zero-order valence-corrected chi connectivity index (χ0v) is 18.3. The summed E-state index contributed by atoms with van der Waals surface area (Å²) in [4.78, 5) is 13.4. The Hall–Kier alpha value is -3.42. The summed E-state index contributed by atoms with van der Waals surface area (Å²) < 4.78 is 26.9. The molecule has 0 radical (unpaired) electrons. The normalized spacial score (nSPS) is 11.3. The Morgan fingerprint density at radius 2 is 1.45 bits per heavy atom. The minimum absolute atomic E-state index is 0.0436. The van der Waals surface area contributed by atoms with E-state index in [0.717, 1.165) is 16.9 Å². The lowest BCUT2D eigenvalue weighted by Gasteiger charge is -2.09. The van der Waals surface area contributed by atoms with E-state index in [4.69, 9.17) is 5.73 Å². The van der Waals surface area contributed by atoms with Crippen LogP contribution in [-0.4, -0.2) is 14.2 Å². The molecule has 0 aliphatic heterocycles. The van der Waals surface area contributed by atoms with Gasteiger partial charge in [-0.3, -0.25) is 4.79 Å². The van der Waals surface area contributed by atoms with Gasteiger partial charge in [-0.1, -0.05) is 66.2 Å². The third-order valence-corrected chi connectivity index (χ3v) is 7.88. The number of nitrogen functional groups attached to an aromatic ring is 1. The second kappa shape index (κ2) is 8.37. The maximum absolute atomic E-state index is 13.5. The molecule has 0 aliphatic rings. The Labute approximate surface area is 185 Å². The minimum Gasteiger partial charge on any atom is -0.396 e. The van der Waals surface area contributed by atoms with E-state index in [1.54, 1.807) is 30.3 Å². The van der Waals surface area contributed by atoms with Gasteiger partial charge in [-0.05, 0) is 31.2 Å². The van der Waals surface area contributed by atoms with E-state index >= 15 is 0 Å². The summed E-state index contributed by atoms with van der Waals surface area (Å²) in [5.41, 5.74) is 8.45. The van der Waals surface area contributed by atoms with Crippen LogP contribution >= 0.6 is 11.3 Å². The number of ketones is 1. The van der Waals surface area contributed by atoms with Crippen molar-refractivity contribution >= 4 is 43.3 Å². The van der Waals surface area contributed by atoms with Gasteiger partial charge in [0, 0.05) is 11.3 Å². The number of hydrogen-bond donors (Lipinski definition) is 2. The molecule has 1 aromatic heterocycles. The lowest BCUT2D eigenvalue weighted by molar-refractivity contribution is 0.104. The quantitative estimate of drug-likeness (QED) is 0.383. The number of anilines is 3. The number of carbonyl (C=O) groups is 1. The molecular formula is C24H20N2O3S2. The van der Waals surface area contributed by atoms with Crippen molar-refractivity contribution < 1.29 is 13.2 Å². The van der Waals surface area contributed by atoms with Gasteiger partial charge in [0.05, 0.1) is 10.6 Å². The predicted octanol–water partition coefficient (Wildman–Crippen LogP) is 5.45. The van der Waals surface area contributed by atoms with Crippen molar-refractivity contribution in [2.45, 2.75) is 16.7 Å². The molecule has 3 N–H and O–H groups in total. The Bertz CT molecular complexity index is 1330. The number of rotatable bonds is 6. The van der Waals surface area contributed by atoms with Crippen molar-refractivity contribution in [2.24, 2.45) is 0 Å². The number of benzene rings is 3. The fraction of sp³-hybridized carbons (Fsp3) is 0.0417. The Morgan fingerprint density at radius 1 is 0.871 bits per heavy atom. The van der Waals surface area contributed by atoms with Crippen LogP contribution in [0, 0.1) is 6.92 Å². The molecule has 31 heavy (non-hydrogen) atoms. The summed E-state index contributed by atoms with van der Waals surface area (Å²) in [5, 5.41) is 3.44. The van der Waals surface area contributed by atoms with E-state index in [1.807, 2.05) is 49.4 Å². The van der Waals surface area contributed by atoms with E-state index in [-0.39, 0.29) is 26.1 Å². The Morgan fingerprint density at radius 3 is 2.06 bits per heavy atom. The zero-order valence-electron chi connectivity index (χ0n) is 16.7. The van der Waals surface area contributed by atoms with Gasteiger partial charge in [0.2, 0.25) is 15.6 Å². The Kier molecular flexibility index (Phi) is 5.63. The van der Waals surface area contributed by atoms with E-state index < -0.39 is 9.84 Å². The fourth-order valence-corrected chi connectivity index (χ4v) is 6.11. The summed E-state index contributed by atoms with van der Waals surface area (Å²) in [5.74, 6) is -0.312. The highest BCUT2D eigenvalue weighted by atomic mass is 32.2. The molecule has 0 saturated heterocycles. The molecule has 0 saturated carbocycles. The third-order valence-electron chi connectivity index (χ3n) is 4.77. The van der Waals surface area contributed by atoms with Gasteiger partial charge in [-0.15, -0.1) is 11.3 Å². The summed E-state index contributed by atoms with van der Waals surface area (Å²) in [6, 6.07) is 24.3. The SMILES string of the molecule is Cc1ccc(C(=O)c2sc(Nc3ccccc3)c(S(=O)(=O)c3ccccc3)c2N)cc1. The van der Waals surface area contributed by atoms with Crippen molar-refractivity contribution in [2.75, 3.05) is 11.1 Å². The van der Waals surface area contributed by atoms with Gasteiger partial charge in [-0.2, -0.15) is 0 Å². The third kappa shape index (κ3) is 4.10. The van der Waals surface area contributed by atoms with Crippen LogP contribution in [-0.2, 0) is 9.84 Å². The van der Waals surface area contributed by atoms with Crippen LogP contribution in [0.5, 0.6) is 0 Å². The first-order valence-electron chi connectivity index (χ1n) is 9.54. The summed E-state index contributed by atoms with van der Waals surface area (Å²) in [6.07, 6.45) is 0. The first-order valence-corrected chi connectivity index (χ1v) is 11.8. The number of sulfone groups is 1. The Balaban J connectivity index is 1.88. The molecule has 0 bridgehead atoms. The molecule has 156 valence electrons. The van der Waals surface area contributed by atoms with Gasteiger partial charge in [0.15, 0.2) is 0 Å². The lowest BCUT2D eigenvalue weighted by Crippen LogP contribution is -2.08. The maximum Gasteiger partial charge on any atom is 0.211 e. The molecule has 0 fully saturated rings. The largest absolute Gasteiger partial charge is 0.396 e. The highest BCUT2D eigenvalue weighted by molar-refractivity contribution is 7.92. The van der Waals surface area contributed by atoms with Crippen molar-refractivity contribution in [3.8, 4) is 0 Å². The van der Waals surface area contributed by atoms with Gasteiger partial charge in [0.25, 0.3) is 0 Å². The van der Waals surface area contributed by atoms with Crippen LogP contribution in [0.2, 0.25) is 0 Å². The molecular weight excluding hydrogens is 428 g/mol. The van der Waals surface area contributed by atoms with Gasteiger partial charge in [0.1, 0.15) is 14.8 Å². The molecule has 4 aromatic rings. The molecule has 0 aliphatic carbocycles. The van der Waals surface area contributed by atoms with Crippen molar-refractivity contribution in [1.29, 1.82) is 0 Å². The van der Waals surface area contributed by atoms with Crippen LogP contribution in [0.25, 0.3) is 0 Å². The topological polar surface area (TPSA) is 89.3 Å². The zero-order chi connectivity index (χ0) is 22.0. The molecule has 0 unspecified atom stereocenters. The standard InChI is InChI=1S/C24H20N2O3S2/c1-16-12-14-17(15-13-16)21(27)22-20(25)23(31(28,29)19-10-6-3-7-11-19)24(30-22)26-18-8-4-2-5-9-18/h2-15,26H,25H2,1H3. The summed E-state index contributed by atoms with van der Waals surface area (Å²) >= 11 is 1.04. The van der Waals surface area contributed by atoms with E-state index in [1.165, 1.54) is 12.1 Å². The summed E-state index contributed by atoms with van der Waals surface area (Å²) in [6.45, 7) is 1.93. The molecule has 0 amide bonds. The van der Waals surface area contributed by atoms with Gasteiger partial charge >= 0.3 is 0 Å². The second-order valence-corrected chi connectivity index (χ2v) is 9.91. The van der Waals surface area contributed by atoms with Crippen LogP contribution < -0.4 is 11.1 Å². The number of carbonyl (C=O) groups excluding carboxylic acids is 1. The molecule has 0 spiro atoms. The molecule has 4 rings (SSSR count). The maximum atomic E-state index is 13.5. The molecule has 3 aromatic carbocycles. The smallest absolute Gasteiger partial charge is 0.211 e. The van der Waals surface area contributed by atoms with Crippen LogP contribution in [0.15, 0.2) is 94.7 Å². The first-order chi connectivity index (χ1) is 14.9. The minimum atomic E-state index is -3.95. The first kappa shape index (κ1) is 20.8. The van der Waals surface area contributed by atoms with Crippen molar-refractivity contribution in [3.63, 3.8) is 0 Å². The number of hydrogen-bond acceptors (Lipinski definition) is 6. The van der Waals surface area contributed by atoms with Crippen molar-refractivity contribution in [1.82, 2.24) is 0 Å². The molecule has 1 heterocycles. The van der Waals surface area contributed by atoms with E-state index in [2.05, 4.69) is 5.32 Å². The number of aryl methyl sites for hydroxylation is 1. The summed E-state index contributed by atoms with van der Waals surface area (Å²) in [7, 11) is -3.95. The average Bonchev–Trinajstić information content (AvgIpc) is 3.11. The van der Waals surface area contributed by atoms with Crippen molar-refractivity contribution in [3.05, 3.63) is 101 Å². The second-order valence-electron chi connectivity index (χ2n) is 7.01. The molecule has 5 nitrogen and oxygen atoms in total. The molecule has 0 atom stereocenters. The van der Waals surface area contributed by atoms with E-state index in [0.29, 0.717) is 16.3 Å². The highest BCUT2D eigenvalue weighted by Crippen LogP contribution is 2.43. The lowest BCUT2D eigenvalue weighted by atomic mass is 10.1. The van der Waals surface area contributed by atoms with E-state index in [9.17, 15) is 13.2 Å². The van der Waals surface area contributed by atoms with Crippen LogP contribution in [0.1, 0.15) is 20.8 Å². The monoisotopic (exact) mass is 448 g/mol. The van der Waals surface area contributed by atoms with Gasteiger partial charge in [-0.25, -0.2) is 8.42 Å². The average molecular weight is 449 g/mol. The number of nitrogens with two attached hydrogens (primary N) is 1. The fourth-order valence-electron chi connectivity index (χ4n) is 3.15.